The molecule has 0 saturated heterocycles. The van der Waals surface area contributed by atoms with Crippen LogP contribution >= 0.6 is 0 Å². The molecule has 0 aliphatic carbocycles. The average molecular weight is 155 g/mol. The van der Waals surface area contributed by atoms with Crippen LogP contribution in [0.1, 0.15) is 19.9 Å². The van der Waals surface area contributed by atoms with Crippen LogP contribution in [0.15, 0.2) is 18.7 Å². The summed E-state index contributed by atoms with van der Waals surface area (Å²) in [6.07, 6.45) is 3.85. The Kier molecular flexibility index (Phi) is 1.94. The zero-order valence-corrected chi connectivity index (χ0v) is 6.56. The Morgan fingerprint density at radius 3 is 2.55 bits per heavy atom. The second-order valence-electron chi connectivity index (χ2n) is 2.64. The number of hydrogen-bond acceptors (Lipinski definition) is 1. The van der Waals surface area contributed by atoms with Crippen LogP contribution in [0.25, 0.3) is 0 Å². The van der Waals surface area contributed by atoms with Crippen LogP contribution in [0.4, 0.5) is 4.79 Å². The van der Waals surface area contributed by atoms with Crippen molar-refractivity contribution in [1.82, 2.24) is 4.57 Å². The molecule has 0 bridgehead atoms. The molecule has 1 aromatic heterocycles. The third-order valence-corrected chi connectivity index (χ3v) is 1.47. The first-order valence-corrected chi connectivity index (χ1v) is 3.43. The van der Waals surface area contributed by atoms with Crippen molar-refractivity contribution >= 4 is 6.09 Å². The normalized spacial score (nSPS) is 10.5. The Morgan fingerprint density at radius 1 is 1.64 bits per heavy atom. The van der Waals surface area contributed by atoms with Gasteiger partial charge in [-0.1, -0.05) is 0 Å². The van der Waals surface area contributed by atoms with E-state index in [1.165, 1.54) is 6.20 Å². The van der Waals surface area contributed by atoms with Gasteiger partial charge in [-0.25, -0.2) is 4.57 Å². The lowest BCUT2D eigenvalue weighted by Gasteiger charge is -1.95. The summed E-state index contributed by atoms with van der Waals surface area (Å²) in [5.41, 5.74) is 0. The molecule has 4 nitrogen and oxygen atoms in total. The lowest BCUT2D eigenvalue weighted by Crippen LogP contribution is -2.33. The summed E-state index contributed by atoms with van der Waals surface area (Å²) in [5, 5.41) is 8.53. The molecule has 0 amide bonds. The molecule has 1 N–H and O–H groups in total. The van der Waals surface area contributed by atoms with E-state index in [2.05, 4.69) is 0 Å². The minimum Gasteiger partial charge on any atom is -0.446 e. The van der Waals surface area contributed by atoms with Gasteiger partial charge in [0.2, 0.25) is 0 Å². The molecule has 1 aromatic rings. The number of aromatic nitrogens is 2. The quantitative estimate of drug-likeness (QED) is 0.612. The van der Waals surface area contributed by atoms with Crippen molar-refractivity contribution in [3.63, 3.8) is 0 Å². The van der Waals surface area contributed by atoms with Crippen molar-refractivity contribution in [2.75, 3.05) is 0 Å². The van der Waals surface area contributed by atoms with Gasteiger partial charge in [-0.05, 0) is 13.8 Å². The number of hydrogen-bond donors (Lipinski definition) is 1. The van der Waals surface area contributed by atoms with Gasteiger partial charge in [0, 0.05) is 0 Å². The highest BCUT2D eigenvalue weighted by Crippen LogP contribution is 1.91. The van der Waals surface area contributed by atoms with Crippen molar-refractivity contribution in [3.05, 3.63) is 18.7 Å². The van der Waals surface area contributed by atoms with Crippen LogP contribution < -0.4 is 4.57 Å². The molecule has 4 heteroatoms. The first kappa shape index (κ1) is 7.78. The maximum atomic E-state index is 10.4. The second-order valence-corrected chi connectivity index (χ2v) is 2.64. The number of imidazole rings is 1. The molecule has 0 aliphatic rings. The van der Waals surface area contributed by atoms with Crippen LogP contribution in [0.3, 0.4) is 0 Å². The van der Waals surface area contributed by atoms with Gasteiger partial charge in [-0.15, -0.1) is 4.57 Å². The smallest absolute Gasteiger partial charge is 0.446 e. The van der Waals surface area contributed by atoms with Crippen molar-refractivity contribution in [2.24, 2.45) is 0 Å². The molecule has 1 heterocycles. The van der Waals surface area contributed by atoms with E-state index >= 15 is 0 Å². The molecule has 1 rings (SSSR count). The standard InChI is InChI=1S/C7H10N2O2/c1-6(2)8-3-4-9(5-8)7(10)11/h3-6H,1-2H3/p+1. The zero-order chi connectivity index (χ0) is 8.43. The number of carboxylic acid groups (broad SMARTS) is 1. The van der Waals surface area contributed by atoms with Gasteiger partial charge in [-0.2, -0.15) is 4.79 Å². The van der Waals surface area contributed by atoms with Crippen LogP contribution in [-0.4, -0.2) is 15.8 Å². The highest BCUT2D eigenvalue weighted by molar-refractivity contribution is 5.67. The van der Waals surface area contributed by atoms with E-state index in [0.717, 1.165) is 4.57 Å². The van der Waals surface area contributed by atoms with Gasteiger partial charge in [0.05, 0.1) is 6.04 Å². The lowest BCUT2D eigenvalue weighted by atomic mass is 10.4. The largest absolute Gasteiger partial charge is 0.509 e. The predicted octanol–water partition coefficient (Wildman–Crippen LogP) is 0.883. The minimum atomic E-state index is -0.954. The summed E-state index contributed by atoms with van der Waals surface area (Å²) in [7, 11) is 0. The third kappa shape index (κ3) is 1.58. The van der Waals surface area contributed by atoms with E-state index in [4.69, 9.17) is 5.11 Å². The van der Waals surface area contributed by atoms with E-state index in [1.54, 1.807) is 12.5 Å². The molecule has 0 spiro atoms. The van der Waals surface area contributed by atoms with Crippen LogP contribution in [-0.2, 0) is 0 Å². The summed E-state index contributed by atoms with van der Waals surface area (Å²) >= 11 is 0. The molecule has 0 saturated carbocycles. The molecule has 60 valence electrons. The van der Waals surface area contributed by atoms with E-state index < -0.39 is 6.09 Å². The van der Waals surface area contributed by atoms with E-state index in [-0.39, 0.29) is 0 Å². The molecule has 0 fully saturated rings. The Hall–Kier alpha value is -1.32. The van der Waals surface area contributed by atoms with Crippen molar-refractivity contribution < 1.29 is 14.5 Å². The number of nitrogens with zero attached hydrogens (tertiary/aromatic N) is 2. The van der Waals surface area contributed by atoms with Gasteiger partial charge in [-0.3, -0.25) is 0 Å². The Bertz CT molecular complexity index is 265. The molecule has 0 unspecified atom stereocenters. The Labute approximate surface area is 64.7 Å². The minimum absolute atomic E-state index is 0.301. The fourth-order valence-corrected chi connectivity index (χ4v) is 0.788. The number of rotatable bonds is 1. The van der Waals surface area contributed by atoms with Crippen LogP contribution in [0, 0.1) is 0 Å². The summed E-state index contributed by atoms with van der Waals surface area (Å²) in [4.78, 5) is 10.4. The summed E-state index contributed by atoms with van der Waals surface area (Å²) in [6.45, 7) is 3.98. The fourth-order valence-electron chi connectivity index (χ4n) is 0.788. The van der Waals surface area contributed by atoms with Crippen LogP contribution in [0.5, 0.6) is 0 Å². The Balaban J connectivity index is 2.90. The van der Waals surface area contributed by atoms with Gasteiger partial charge in [0.15, 0.2) is 0 Å². The van der Waals surface area contributed by atoms with Crippen molar-refractivity contribution in [1.29, 1.82) is 0 Å². The summed E-state index contributed by atoms with van der Waals surface area (Å²) < 4.78 is 2.95. The maximum Gasteiger partial charge on any atom is 0.509 e. The van der Waals surface area contributed by atoms with Gasteiger partial charge < -0.3 is 5.11 Å². The molecular weight excluding hydrogens is 144 g/mol. The summed E-state index contributed by atoms with van der Waals surface area (Å²) in [5.74, 6) is 0. The van der Waals surface area contributed by atoms with E-state index in [0.29, 0.717) is 6.04 Å². The van der Waals surface area contributed by atoms with Crippen molar-refractivity contribution in [2.45, 2.75) is 19.9 Å². The highest BCUT2D eigenvalue weighted by atomic mass is 16.4. The fraction of sp³-hybridized carbons (Fsp3) is 0.429. The van der Waals surface area contributed by atoms with Gasteiger partial charge >= 0.3 is 6.09 Å². The van der Waals surface area contributed by atoms with E-state index in [1.807, 2.05) is 18.4 Å². The van der Waals surface area contributed by atoms with Gasteiger partial charge in [0.25, 0.3) is 6.33 Å². The van der Waals surface area contributed by atoms with Gasteiger partial charge in [0.1, 0.15) is 12.4 Å². The molecule has 11 heavy (non-hydrogen) atoms. The monoisotopic (exact) mass is 155 g/mol. The zero-order valence-electron chi connectivity index (χ0n) is 6.56. The SMILES string of the molecule is CC(C)[n+]1ccn(C(=O)O)c1. The first-order valence-electron chi connectivity index (χ1n) is 3.43. The molecule has 0 aromatic carbocycles. The first-order chi connectivity index (χ1) is 5.11. The Morgan fingerprint density at radius 2 is 2.27 bits per heavy atom. The topological polar surface area (TPSA) is 46.1 Å². The predicted molar refractivity (Wildman–Crippen MR) is 38.4 cm³/mol. The maximum absolute atomic E-state index is 10.4. The highest BCUT2D eigenvalue weighted by Gasteiger charge is 2.11. The molecule has 0 aliphatic heterocycles. The lowest BCUT2D eigenvalue weighted by molar-refractivity contribution is -0.715. The second kappa shape index (κ2) is 2.74. The third-order valence-electron chi connectivity index (χ3n) is 1.47. The van der Waals surface area contributed by atoms with Crippen LogP contribution in [0.2, 0.25) is 0 Å². The van der Waals surface area contributed by atoms with Crippen molar-refractivity contribution in [3.8, 4) is 0 Å². The van der Waals surface area contributed by atoms with E-state index in [9.17, 15) is 4.79 Å². The molecule has 0 radical (unpaired) electrons. The molecule has 0 atom stereocenters. The molecular formula is C7H11N2O2+. The summed E-state index contributed by atoms with van der Waals surface area (Å²) in [6, 6.07) is 0.301. The number of carbonyl (C=O) groups is 1. The average Bonchev–Trinajstić information content (AvgIpc) is 2.33.